The van der Waals surface area contributed by atoms with Crippen molar-refractivity contribution in [2.24, 2.45) is 15.5 Å². The SMILES string of the molecule is NS(=O)(=O)NCC1(CONc2nonc2C(=Nc2ccc(F)c(Br)c2)NO)CC1. The summed E-state index contributed by atoms with van der Waals surface area (Å²) in [7, 11) is -3.78. The molecule has 0 aliphatic heterocycles. The van der Waals surface area contributed by atoms with Gasteiger partial charge in [0.15, 0.2) is 11.5 Å². The van der Waals surface area contributed by atoms with Crippen molar-refractivity contribution < 1.29 is 27.5 Å². The van der Waals surface area contributed by atoms with Gasteiger partial charge in [-0.25, -0.2) is 29.4 Å². The van der Waals surface area contributed by atoms with E-state index in [1.807, 2.05) is 5.48 Å². The number of amidine groups is 1. The molecule has 0 unspecified atom stereocenters. The maximum absolute atomic E-state index is 13.3. The second kappa shape index (κ2) is 8.68. The monoisotopic (exact) mass is 493 g/mol. The Morgan fingerprint density at radius 3 is 2.83 bits per heavy atom. The average Bonchev–Trinajstić information content (AvgIpc) is 3.29. The van der Waals surface area contributed by atoms with Gasteiger partial charge in [-0.05, 0) is 57.3 Å². The maximum Gasteiger partial charge on any atom is 0.274 e. The number of anilines is 1. The zero-order valence-corrected chi connectivity index (χ0v) is 17.1. The van der Waals surface area contributed by atoms with Gasteiger partial charge in [0.25, 0.3) is 10.2 Å². The predicted octanol–water partition coefficient (Wildman–Crippen LogP) is 0.945. The summed E-state index contributed by atoms with van der Waals surface area (Å²) in [6, 6.07) is 3.99. The molecule has 0 bridgehead atoms. The van der Waals surface area contributed by atoms with E-state index in [4.69, 9.17) is 9.98 Å². The van der Waals surface area contributed by atoms with Crippen LogP contribution in [0.25, 0.3) is 0 Å². The fraction of sp³-hybridized carbons (Fsp3) is 0.357. The van der Waals surface area contributed by atoms with Crippen LogP contribution in [0.1, 0.15) is 18.5 Å². The summed E-state index contributed by atoms with van der Waals surface area (Å²) in [5.41, 5.74) is 4.35. The quantitative estimate of drug-likeness (QED) is 0.193. The van der Waals surface area contributed by atoms with Gasteiger partial charge in [0.2, 0.25) is 5.82 Å². The minimum Gasteiger partial charge on any atom is -0.290 e. The van der Waals surface area contributed by atoms with Gasteiger partial charge in [-0.3, -0.25) is 15.5 Å². The number of hydrogen-bond acceptors (Lipinski definition) is 9. The molecule has 6 N–H and O–H groups in total. The van der Waals surface area contributed by atoms with Crippen molar-refractivity contribution in [1.82, 2.24) is 20.5 Å². The molecule has 15 heteroatoms. The number of hydroxylamine groups is 1. The molecule has 1 aromatic heterocycles. The third-order valence-electron chi connectivity index (χ3n) is 4.12. The van der Waals surface area contributed by atoms with Crippen molar-refractivity contribution in [2.75, 3.05) is 18.6 Å². The topological polar surface area (TPSA) is 177 Å². The van der Waals surface area contributed by atoms with Crippen LogP contribution in [0.3, 0.4) is 0 Å². The van der Waals surface area contributed by atoms with E-state index in [9.17, 15) is 18.0 Å². The average molecular weight is 494 g/mol. The summed E-state index contributed by atoms with van der Waals surface area (Å²) in [4.78, 5) is 9.50. The lowest BCUT2D eigenvalue weighted by Crippen LogP contribution is -2.37. The first-order valence-electron chi connectivity index (χ1n) is 8.13. The van der Waals surface area contributed by atoms with Crippen LogP contribution in [0.4, 0.5) is 15.9 Å². The number of nitrogens with one attached hydrogen (secondary N) is 3. The van der Waals surface area contributed by atoms with E-state index in [1.165, 1.54) is 18.2 Å². The number of nitrogens with zero attached hydrogens (tertiary/aromatic N) is 3. The molecule has 1 saturated carbocycles. The van der Waals surface area contributed by atoms with Gasteiger partial charge >= 0.3 is 0 Å². The molecule has 0 saturated heterocycles. The first-order chi connectivity index (χ1) is 13.7. The molecule has 0 radical (unpaired) electrons. The van der Waals surface area contributed by atoms with Gasteiger partial charge < -0.3 is 0 Å². The maximum atomic E-state index is 13.3. The molecule has 1 aromatic carbocycles. The van der Waals surface area contributed by atoms with Crippen molar-refractivity contribution in [1.29, 1.82) is 0 Å². The van der Waals surface area contributed by atoms with Crippen LogP contribution in [0.15, 0.2) is 32.3 Å². The van der Waals surface area contributed by atoms with Crippen LogP contribution in [-0.2, 0) is 15.0 Å². The number of aromatic nitrogens is 2. The standard InChI is InChI=1S/C14H17BrFN7O5S/c15-9-5-8(1-2-10(9)16)19-12(20-24)11-13(23-28-21-11)22-27-7-14(3-4-14)6-18-29(17,25)26/h1-2,5,18,24H,3-4,6-7H2,(H,19,20)(H,22,23)(H2,17,25,26). The molecule has 0 amide bonds. The van der Waals surface area contributed by atoms with E-state index < -0.39 is 16.0 Å². The largest absolute Gasteiger partial charge is 0.290 e. The Morgan fingerprint density at radius 2 is 2.21 bits per heavy atom. The number of halogens is 2. The summed E-state index contributed by atoms with van der Waals surface area (Å²) >= 11 is 3.05. The Kier molecular flexibility index (Phi) is 6.45. The zero-order chi connectivity index (χ0) is 21.1. The lowest BCUT2D eigenvalue weighted by atomic mass is 10.1. The highest BCUT2D eigenvalue weighted by Crippen LogP contribution is 2.45. The summed E-state index contributed by atoms with van der Waals surface area (Å²) in [6.07, 6.45) is 1.51. The number of benzene rings is 1. The molecule has 29 heavy (non-hydrogen) atoms. The van der Waals surface area contributed by atoms with Gasteiger partial charge in [0.05, 0.1) is 16.8 Å². The van der Waals surface area contributed by atoms with E-state index in [1.54, 1.807) is 0 Å². The fourth-order valence-corrected chi connectivity index (χ4v) is 3.16. The molecule has 2 aromatic rings. The minimum atomic E-state index is -3.78. The molecular formula is C14H17BrFN7O5S. The van der Waals surface area contributed by atoms with Crippen LogP contribution in [-0.4, -0.2) is 42.9 Å². The number of nitrogens with two attached hydrogens (primary N) is 1. The lowest BCUT2D eigenvalue weighted by molar-refractivity contribution is 0.137. The van der Waals surface area contributed by atoms with E-state index >= 15 is 0 Å². The summed E-state index contributed by atoms with van der Waals surface area (Å²) in [5, 5.41) is 21.6. The summed E-state index contributed by atoms with van der Waals surface area (Å²) < 4.78 is 42.5. The van der Waals surface area contributed by atoms with Crippen molar-refractivity contribution in [3.05, 3.63) is 34.2 Å². The first kappa shape index (κ1) is 21.5. The lowest BCUT2D eigenvalue weighted by Gasteiger charge is -2.15. The third-order valence-corrected chi connectivity index (χ3v) is 5.27. The highest BCUT2D eigenvalue weighted by Gasteiger charge is 2.43. The van der Waals surface area contributed by atoms with Gasteiger partial charge in [0.1, 0.15) is 5.82 Å². The van der Waals surface area contributed by atoms with Crippen LogP contribution >= 0.6 is 15.9 Å². The molecule has 1 fully saturated rings. The van der Waals surface area contributed by atoms with Crippen molar-refractivity contribution in [3.63, 3.8) is 0 Å². The van der Waals surface area contributed by atoms with Crippen LogP contribution < -0.4 is 20.8 Å². The normalized spacial score (nSPS) is 15.9. The number of aliphatic imine (C=N–C) groups is 1. The summed E-state index contributed by atoms with van der Waals surface area (Å²) in [5.74, 6) is -0.582. The van der Waals surface area contributed by atoms with E-state index in [2.05, 4.69) is 46.1 Å². The summed E-state index contributed by atoms with van der Waals surface area (Å²) in [6.45, 7) is 0.299. The van der Waals surface area contributed by atoms with E-state index in [0.717, 1.165) is 12.8 Å². The molecule has 3 rings (SSSR count). The third kappa shape index (κ3) is 5.91. The van der Waals surface area contributed by atoms with Gasteiger partial charge in [-0.15, -0.1) is 0 Å². The molecule has 1 aliphatic carbocycles. The molecule has 158 valence electrons. The molecular weight excluding hydrogens is 477 g/mol. The second-order valence-electron chi connectivity index (χ2n) is 6.39. The Labute approximate surface area is 172 Å². The Morgan fingerprint density at radius 1 is 1.45 bits per heavy atom. The molecule has 0 spiro atoms. The zero-order valence-electron chi connectivity index (χ0n) is 14.7. The van der Waals surface area contributed by atoms with Gasteiger partial charge in [-0.2, -0.15) is 8.42 Å². The van der Waals surface area contributed by atoms with Crippen LogP contribution in [0.5, 0.6) is 0 Å². The van der Waals surface area contributed by atoms with Crippen molar-refractivity contribution in [2.45, 2.75) is 12.8 Å². The Balaban J connectivity index is 1.65. The second-order valence-corrected chi connectivity index (χ2v) is 8.62. The smallest absolute Gasteiger partial charge is 0.274 e. The number of rotatable bonds is 9. The Hall–Kier alpha value is -2.17. The van der Waals surface area contributed by atoms with E-state index in [0.29, 0.717) is 5.69 Å². The Bertz CT molecular complexity index is 1010. The van der Waals surface area contributed by atoms with Crippen LogP contribution in [0.2, 0.25) is 0 Å². The minimum absolute atomic E-state index is 0.000422. The van der Waals surface area contributed by atoms with Crippen molar-refractivity contribution >= 4 is 43.5 Å². The fourth-order valence-electron chi connectivity index (χ4n) is 2.29. The number of hydrogen-bond donors (Lipinski definition) is 5. The van der Waals surface area contributed by atoms with Crippen LogP contribution in [0, 0.1) is 11.2 Å². The first-order valence-corrected chi connectivity index (χ1v) is 10.5. The predicted molar refractivity (Wildman–Crippen MR) is 102 cm³/mol. The molecule has 0 atom stereocenters. The van der Waals surface area contributed by atoms with Crippen molar-refractivity contribution in [3.8, 4) is 0 Å². The highest BCUT2D eigenvalue weighted by atomic mass is 79.9. The highest BCUT2D eigenvalue weighted by molar-refractivity contribution is 9.10. The van der Waals surface area contributed by atoms with Gasteiger partial charge in [-0.1, -0.05) is 0 Å². The van der Waals surface area contributed by atoms with Gasteiger partial charge in [0, 0.05) is 12.0 Å². The molecule has 1 aliphatic rings. The molecule has 12 nitrogen and oxygen atoms in total. The molecule has 1 heterocycles. The van der Waals surface area contributed by atoms with E-state index in [-0.39, 0.29) is 40.4 Å².